The second kappa shape index (κ2) is 7.57. The quantitative estimate of drug-likeness (QED) is 0.447. The Morgan fingerprint density at radius 2 is 1.89 bits per heavy atom. The average Bonchev–Trinajstić information content (AvgIpc) is 2.85. The highest BCUT2D eigenvalue weighted by Gasteiger charge is 2.49. The van der Waals surface area contributed by atoms with Crippen LogP contribution in [0.3, 0.4) is 0 Å². The predicted molar refractivity (Wildman–Crippen MR) is 119 cm³/mol. The van der Waals surface area contributed by atoms with Crippen molar-refractivity contribution in [2.75, 3.05) is 13.1 Å². The maximum absolute atomic E-state index is 13.0. The molecule has 1 heterocycles. The first kappa shape index (κ1) is 20.9. The first-order valence-corrected chi connectivity index (χ1v) is 14.7. The van der Waals surface area contributed by atoms with E-state index in [2.05, 4.69) is 59.3 Å². The minimum atomic E-state index is -1.41. The minimum absolute atomic E-state index is 0.142. The van der Waals surface area contributed by atoms with Crippen LogP contribution in [-0.4, -0.2) is 30.5 Å². The van der Waals surface area contributed by atoms with Crippen LogP contribution in [0, 0.1) is 16.9 Å². The van der Waals surface area contributed by atoms with Gasteiger partial charge in [-0.3, -0.25) is 0 Å². The lowest BCUT2D eigenvalue weighted by atomic mass is 9.73. The van der Waals surface area contributed by atoms with Crippen molar-refractivity contribution >= 4 is 19.4 Å². The molecule has 27 heavy (non-hydrogen) atoms. The summed E-state index contributed by atoms with van der Waals surface area (Å²) in [7, 11) is -1.41. The summed E-state index contributed by atoms with van der Waals surface area (Å²) < 4.78 is 16.2. The maximum atomic E-state index is 13.0. The molecule has 3 nitrogen and oxygen atoms in total. The van der Waals surface area contributed by atoms with E-state index in [1.807, 2.05) is 20.8 Å². The van der Waals surface area contributed by atoms with E-state index in [1.54, 1.807) is 0 Å². The lowest BCUT2D eigenvalue weighted by molar-refractivity contribution is 0.163. The Kier molecular flexibility index (Phi) is 5.87. The van der Waals surface area contributed by atoms with Gasteiger partial charge in [-0.1, -0.05) is 31.6 Å². The van der Waals surface area contributed by atoms with Crippen LogP contribution in [0.1, 0.15) is 56.3 Å². The molecule has 5 heteroatoms. The molecule has 2 atom stereocenters. The Balaban J connectivity index is 1.97. The highest BCUT2D eigenvalue weighted by Crippen LogP contribution is 2.51. The van der Waals surface area contributed by atoms with E-state index in [9.17, 15) is 4.55 Å². The van der Waals surface area contributed by atoms with Gasteiger partial charge in [-0.05, 0) is 76.4 Å². The molecule has 1 aliphatic carbocycles. The maximum Gasteiger partial charge on any atom is 0.136 e. The molecular formula is C22H34N2OSSi. The molecule has 3 rings (SSSR count). The molecular weight excluding hydrogens is 368 g/mol. The Morgan fingerprint density at radius 3 is 2.48 bits per heavy atom. The Bertz CT molecular complexity index is 748. The molecule has 1 unspecified atom stereocenters. The SMILES string of the molecule is CC(C)(C)[S+]([O-])N[C@@H]1c2cc(C#C[Si](C)(C)C)ccc2CC12CCNCC2. The molecule has 1 aromatic rings. The normalized spacial score (nSPS) is 22.9. The number of piperidine rings is 1. The molecule has 1 aliphatic heterocycles. The van der Waals surface area contributed by atoms with Crippen LogP contribution in [0.15, 0.2) is 18.2 Å². The van der Waals surface area contributed by atoms with Crippen molar-refractivity contribution < 1.29 is 4.55 Å². The number of benzene rings is 1. The van der Waals surface area contributed by atoms with Gasteiger partial charge in [0.1, 0.15) is 12.8 Å². The van der Waals surface area contributed by atoms with Crippen molar-refractivity contribution in [1.29, 1.82) is 0 Å². The standard InChI is InChI=1S/C22H34N2OSSi/c1-21(2,3)26(25)24-20-19-15-17(9-14-27(4,5)6)7-8-18(19)16-22(20)10-12-23-13-11-22/h7-8,15,20,23-24H,10-13,16H2,1-6H3/t20-,26?/m1/s1. The molecule has 1 saturated heterocycles. The van der Waals surface area contributed by atoms with Gasteiger partial charge in [0.05, 0.1) is 6.04 Å². The summed E-state index contributed by atoms with van der Waals surface area (Å²) in [5, 5.41) is 3.49. The van der Waals surface area contributed by atoms with Gasteiger partial charge in [-0.15, -0.1) is 10.3 Å². The highest BCUT2D eigenvalue weighted by atomic mass is 32.2. The third-order valence-electron chi connectivity index (χ3n) is 5.57. The number of fused-ring (bicyclic) bond motifs is 1. The summed E-state index contributed by atoms with van der Waals surface area (Å²) in [6.45, 7) is 15.0. The molecule has 0 saturated carbocycles. The van der Waals surface area contributed by atoms with Crippen LogP contribution in [0.25, 0.3) is 0 Å². The second-order valence-electron chi connectivity index (χ2n) is 10.1. The zero-order valence-corrected chi connectivity index (χ0v) is 19.5. The molecule has 0 bridgehead atoms. The zero-order chi connectivity index (χ0) is 19.9. The fourth-order valence-electron chi connectivity index (χ4n) is 4.04. The number of rotatable bonds is 2. The van der Waals surface area contributed by atoms with Gasteiger partial charge in [0.15, 0.2) is 0 Å². The van der Waals surface area contributed by atoms with Gasteiger partial charge in [-0.25, -0.2) is 0 Å². The van der Waals surface area contributed by atoms with E-state index in [0.717, 1.165) is 37.9 Å². The summed E-state index contributed by atoms with van der Waals surface area (Å²) in [6.07, 6.45) is 3.32. The van der Waals surface area contributed by atoms with Crippen molar-refractivity contribution in [1.82, 2.24) is 10.0 Å². The summed E-state index contributed by atoms with van der Waals surface area (Å²) in [5.41, 5.74) is 7.46. The van der Waals surface area contributed by atoms with Gasteiger partial charge < -0.3 is 9.87 Å². The fourth-order valence-corrected chi connectivity index (χ4v) is 5.50. The summed E-state index contributed by atoms with van der Waals surface area (Å²) >= 11 is -1.09. The Morgan fingerprint density at radius 1 is 1.22 bits per heavy atom. The number of nitrogens with one attached hydrogen (secondary N) is 2. The number of hydrogen-bond donors (Lipinski definition) is 2. The second-order valence-corrected chi connectivity index (χ2v) is 16.9. The van der Waals surface area contributed by atoms with E-state index in [4.69, 9.17) is 0 Å². The van der Waals surface area contributed by atoms with Crippen molar-refractivity contribution in [2.45, 2.75) is 70.5 Å². The third-order valence-corrected chi connectivity index (χ3v) is 8.01. The molecule has 1 aromatic carbocycles. The van der Waals surface area contributed by atoms with Gasteiger partial charge >= 0.3 is 0 Å². The molecule has 148 valence electrons. The molecule has 2 N–H and O–H groups in total. The predicted octanol–water partition coefficient (Wildman–Crippen LogP) is 3.93. The smallest absolute Gasteiger partial charge is 0.136 e. The van der Waals surface area contributed by atoms with Crippen molar-refractivity contribution in [3.63, 3.8) is 0 Å². The average molecular weight is 403 g/mol. The van der Waals surface area contributed by atoms with E-state index in [-0.39, 0.29) is 16.2 Å². The monoisotopic (exact) mass is 402 g/mol. The van der Waals surface area contributed by atoms with Crippen molar-refractivity contribution in [3.8, 4) is 11.5 Å². The first-order chi connectivity index (χ1) is 12.5. The summed E-state index contributed by atoms with van der Waals surface area (Å²) in [5.74, 6) is 3.41. The molecule has 2 aliphatic rings. The molecule has 0 radical (unpaired) electrons. The van der Waals surface area contributed by atoms with E-state index in [0.29, 0.717) is 0 Å². The van der Waals surface area contributed by atoms with Gasteiger partial charge in [0, 0.05) is 22.3 Å². The van der Waals surface area contributed by atoms with Gasteiger partial charge in [0.2, 0.25) is 0 Å². The van der Waals surface area contributed by atoms with Crippen LogP contribution >= 0.6 is 0 Å². The van der Waals surface area contributed by atoms with Crippen molar-refractivity contribution in [3.05, 3.63) is 34.9 Å². The van der Waals surface area contributed by atoms with Gasteiger partial charge in [-0.2, -0.15) is 0 Å². The van der Waals surface area contributed by atoms with Crippen LogP contribution < -0.4 is 10.0 Å². The molecule has 0 amide bonds. The number of hydrogen-bond acceptors (Lipinski definition) is 3. The molecule has 1 fully saturated rings. The summed E-state index contributed by atoms with van der Waals surface area (Å²) in [6, 6.07) is 6.83. The van der Waals surface area contributed by atoms with E-state index < -0.39 is 19.4 Å². The molecule has 1 spiro atoms. The van der Waals surface area contributed by atoms with Gasteiger partial charge in [0.25, 0.3) is 0 Å². The first-order valence-electron chi connectivity index (χ1n) is 10.1. The lowest BCUT2D eigenvalue weighted by Crippen LogP contribution is -2.48. The lowest BCUT2D eigenvalue weighted by Gasteiger charge is -2.40. The zero-order valence-electron chi connectivity index (χ0n) is 17.7. The fraction of sp³-hybridized carbons (Fsp3) is 0.636. The Hall–Kier alpha value is -0.773. The van der Waals surface area contributed by atoms with Crippen LogP contribution in [-0.2, 0) is 17.8 Å². The van der Waals surface area contributed by atoms with Crippen LogP contribution in [0.2, 0.25) is 19.6 Å². The van der Waals surface area contributed by atoms with E-state index in [1.165, 1.54) is 11.1 Å². The third kappa shape index (κ3) is 4.80. The van der Waals surface area contributed by atoms with Crippen molar-refractivity contribution in [2.24, 2.45) is 5.41 Å². The van der Waals surface area contributed by atoms with Crippen LogP contribution in [0.4, 0.5) is 0 Å². The largest absolute Gasteiger partial charge is 0.598 e. The minimum Gasteiger partial charge on any atom is -0.598 e. The molecule has 0 aromatic heterocycles. The highest BCUT2D eigenvalue weighted by molar-refractivity contribution is 7.90. The van der Waals surface area contributed by atoms with Crippen LogP contribution in [0.5, 0.6) is 0 Å². The van der Waals surface area contributed by atoms with E-state index >= 15 is 0 Å². The Labute approximate surface area is 169 Å². The topological polar surface area (TPSA) is 47.1 Å². The summed E-state index contributed by atoms with van der Waals surface area (Å²) in [4.78, 5) is 0.